The quantitative estimate of drug-likeness (QED) is 0.583. The van der Waals surface area contributed by atoms with Gasteiger partial charge in [-0.05, 0) is 25.2 Å². The summed E-state index contributed by atoms with van der Waals surface area (Å²) in [5, 5.41) is 30.0. The number of hydrazone groups is 2. The third-order valence-electron chi connectivity index (χ3n) is 3.09. The molecule has 0 aliphatic carbocycles. The fourth-order valence-corrected chi connectivity index (χ4v) is 2.09. The van der Waals surface area contributed by atoms with Crippen molar-refractivity contribution in [2.24, 2.45) is 10.2 Å². The molecular weight excluding hydrogens is 470 g/mol. The Balaban J connectivity index is 0.00000192. The average Bonchev–Trinajstić information content (AvgIpc) is 3.14. The Morgan fingerprint density at radius 3 is 1.70 bits per heavy atom. The Labute approximate surface area is 147 Å². The summed E-state index contributed by atoms with van der Waals surface area (Å²) in [5.74, 6) is 0. The standard InChI is InChI=1S/C14H11N8.Os/c1-19-9-21(7-17-19)13-4-14(22-8-18-20(2)10-22)12(6-16)3-11(13)5-15;/h3,7-10H,1-2H3;/q-3;. The molecular formula is C14H11N8Os-3. The van der Waals surface area contributed by atoms with Gasteiger partial charge in [-0.3, -0.25) is 0 Å². The van der Waals surface area contributed by atoms with E-state index >= 15 is 0 Å². The van der Waals surface area contributed by atoms with Gasteiger partial charge in [0.1, 0.15) is 0 Å². The van der Waals surface area contributed by atoms with Gasteiger partial charge in [0.2, 0.25) is 0 Å². The molecule has 0 N–H and O–H groups in total. The van der Waals surface area contributed by atoms with Crippen molar-refractivity contribution >= 4 is 24.1 Å². The fraction of sp³-hybridized carbons (Fsp3) is 0.143. The molecule has 9 heteroatoms. The second-order valence-corrected chi connectivity index (χ2v) is 4.67. The van der Waals surface area contributed by atoms with Crippen LogP contribution >= 0.6 is 0 Å². The summed E-state index contributed by atoms with van der Waals surface area (Å²) in [6.07, 6.45) is 3.16. The summed E-state index contributed by atoms with van der Waals surface area (Å²) < 4.78 is 0. The Morgan fingerprint density at radius 1 is 0.957 bits per heavy atom. The molecule has 2 aliphatic heterocycles. The van der Waals surface area contributed by atoms with E-state index in [0.29, 0.717) is 22.5 Å². The van der Waals surface area contributed by atoms with E-state index in [1.165, 1.54) is 0 Å². The molecule has 0 aromatic heterocycles. The van der Waals surface area contributed by atoms with Crippen LogP contribution < -0.4 is 9.80 Å². The van der Waals surface area contributed by atoms with Crippen molar-refractivity contribution in [3.05, 3.63) is 36.6 Å². The van der Waals surface area contributed by atoms with E-state index in [1.54, 1.807) is 66.0 Å². The first kappa shape index (κ1) is 16.7. The molecule has 1 aromatic carbocycles. The topological polar surface area (TPSA) is 85.3 Å². The largest absolute Gasteiger partial charge is 0.482 e. The van der Waals surface area contributed by atoms with Crippen LogP contribution in [0.5, 0.6) is 0 Å². The molecule has 0 saturated carbocycles. The monoisotopic (exact) mass is 483 g/mol. The van der Waals surface area contributed by atoms with Crippen LogP contribution in [0.25, 0.3) is 0 Å². The molecule has 0 radical (unpaired) electrons. The smallest absolute Gasteiger partial charge is 0.0829 e. The van der Waals surface area contributed by atoms with Crippen molar-refractivity contribution < 1.29 is 19.8 Å². The summed E-state index contributed by atoms with van der Waals surface area (Å²) in [7, 11) is 3.56. The van der Waals surface area contributed by atoms with Crippen LogP contribution in [0.1, 0.15) is 11.1 Å². The number of rotatable bonds is 2. The van der Waals surface area contributed by atoms with Gasteiger partial charge in [0.05, 0.1) is 12.7 Å². The van der Waals surface area contributed by atoms with Crippen molar-refractivity contribution in [3.8, 4) is 12.1 Å². The maximum atomic E-state index is 9.33. The molecule has 0 unspecified atom stereocenters. The summed E-state index contributed by atoms with van der Waals surface area (Å²) in [6, 6.07) is 8.84. The van der Waals surface area contributed by atoms with Crippen LogP contribution in [0.15, 0.2) is 16.3 Å². The van der Waals surface area contributed by atoms with Crippen molar-refractivity contribution in [2.75, 3.05) is 23.9 Å². The molecule has 0 atom stereocenters. The SMILES string of the molecule is CN1[CH-]N(c2[c-]c(N3C=NN(C)[CH-]3)c(C#N)cc2C#N)C=N1.[Os]. The average molecular weight is 482 g/mol. The van der Waals surface area contributed by atoms with Gasteiger partial charge in [-0.2, -0.15) is 0 Å². The van der Waals surface area contributed by atoms with Gasteiger partial charge in [0.25, 0.3) is 0 Å². The molecule has 0 bridgehead atoms. The molecule has 2 heterocycles. The number of anilines is 2. The molecule has 23 heavy (non-hydrogen) atoms. The van der Waals surface area contributed by atoms with E-state index in [1.807, 2.05) is 0 Å². The van der Waals surface area contributed by atoms with E-state index in [9.17, 15) is 10.5 Å². The number of hydrogen-bond donors (Lipinski definition) is 0. The van der Waals surface area contributed by atoms with E-state index in [-0.39, 0.29) is 19.8 Å². The van der Waals surface area contributed by atoms with Crippen molar-refractivity contribution in [1.82, 2.24) is 10.0 Å². The van der Waals surface area contributed by atoms with Crippen LogP contribution in [0, 0.1) is 42.1 Å². The second-order valence-electron chi connectivity index (χ2n) is 4.67. The predicted octanol–water partition coefficient (Wildman–Crippen LogP) is 0.856. The first-order valence-corrected chi connectivity index (χ1v) is 6.33. The van der Waals surface area contributed by atoms with Gasteiger partial charge in [-0.15, -0.1) is 25.5 Å². The van der Waals surface area contributed by atoms with Crippen LogP contribution in [-0.2, 0) is 19.8 Å². The minimum absolute atomic E-state index is 0. The maximum Gasteiger partial charge on any atom is 0.0829 e. The van der Waals surface area contributed by atoms with Gasteiger partial charge in [-0.1, -0.05) is 11.4 Å². The van der Waals surface area contributed by atoms with E-state index in [4.69, 9.17) is 0 Å². The molecule has 0 spiro atoms. The zero-order valence-electron chi connectivity index (χ0n) is 12.3. The van der Waals surface area contributed by atoms with Gasteiger partial charge < -0.3 is 19.8 Å². The third kappa shape index (κ3) is 3.11. The van der Waals surface area contributed by atoms with Crippen molar-refractivity contribution in [1.29, 1.82) is 10.5 Å². The minimum Gasteiger partial charge on any atom is -0.482 e. The Morgan fingerprint density at radius 2 is 1.39 bits per heavy atom. The molecule has 0 amide bonds. The van der Waals surface area contributed by atoms with Crippen LogP contribution in [-0.4, -0.2) is 36.8 Å². The molecule has 2 aliphatic rings. The fourth-order valence-electron chi connectivity index (χ4n) is 2.09. The van der Waals surface area contributed by atoms with E-state index < -0.39 is 0 Å². The van der Waals surface area contributed by atoms with E-state index in [2.05, 4.69) is 28.4 Å². The predicted molar refractivity (Wildman–Crippen MR) is 80.8 cm³/mol. The van der Waals surface area contributed by atoms with Gasteiger partial charge in [0.15, 0.2) is 0 Å². The minimum atomic E-state index is 0. The normalized spacial score (nSPS) is 15.7. The first-order chi connectivity index (χ1) is 10.6. The molecule has 0 fully saturated rings. The van der Waals surface area contributed by atoms with E-state index in [0.717, 1.165) is 0 Å². The molecule has 8 nitrogen and oxygen atoms in total. The molecule has 1 aromatic rings. The van der Waals surface area contributed by atoms with Gasteiger partial charge in [-0.25, -0.2) is 20.7 Å². The summed E-state index contributed by atoms with van der Waals surface area (Å²) in [4.78, 5) is 3.36. The Hall–Kier alpha value is -2.62. The maximum absolute atomic E-state index is 9.33. The Kier molecular flexibility index (Phi) is 4.84. The Bertz CT molecular complexity index is 685. The second kappa shape index (κ2) is 6.65. The van der Waals surface area contributed by atoms with Crippen LogP contribution in [0.4, 0.5) is 11.4 Å². The van der Waals surface area contributed by atoms with Crippen molar-refractivity contribution in [3.63, 3.8) is 0 Å². The van der Waals surface area contributed by atoms with Gasteiger partial charge in [0, 0.05) is 31.9 Å². The van der Waals surface area contributed by atoms with Gasteiger partial charge >= 0.3 is 0 Å². The third-order valence-corrected chi connectivity index (χ3v) is 3.09. The molecule has 118 valence electrons. The summed E-state index contributed by atoms with van der Waals surface area (Å²) >= 11 is 0. The zero-order valence-corrected chi connectivity index (χ0v) is 14.9. The van der Waals surface area contributed by atoms with Crippen molar-refractivity contribution in [2.45, 2.75) is 0 Å². The number of nitrogens with zero attached hydrogens (tertiary/aromatic N) is 8. The molecule has 3 rings (SSSR count). The zero-order chi connectivity index (χ0) is 15.7. The summed E-state index contributed by atoms with van der Waals surface area (Å²) in [5.41, 5.74) is 1.76. The van der Waals surface area contributed by atoms with Crippen LogP contribution in [0.2, 0.25) is 0 Å². The first-order valence-electron chi connectivity index (χ1n) is 6.33. The number of hydrogen-bond acceptors (Lipinski definition) is 8. The number of nitriles is 2. The number of benzene rings is 1. The molecule has 0 saturated heterocycles. The van der Waals surface area contributed by atoms with Crippen LogP contribution in [0.3, 0.4) is 0 Å². The summed E-state index contributed by atoms with van der Waals surface area (Å²) in [6.45, 7) is 3.44.